The van der Waals surface area contributed by atoms with Crippen LogP contribution in [0.4, 0.5) is 5.69 Å². The average molecular weight is 346 g/mol. The fourth-order valence-corrected chi connectivity index (χ4v) is 2.09. The van der Waals surface area contributed by atoms with Gasteiger partial charge in [-0.15, -0.1) is 0 Å². The summed E-state index contributed by atoms with van der Waals surface area (Å²) in [6, 6.07) is 8.45. The fraction of sp³-hybridized carbons (Fsp3) is 0. The Labute approximate surface area is 122 Å². The van der Waals surface area contributed by atoms with Crippen molar-refractivity contribution >= 4 is 50.7 Å². The van der Waals surface area contributed by atoms with E-state index in [-0.39, 0.29) is 11.1 Å². The van der Waals surface area contributed by atoms with Gasteiger partial charge in [0, 0.05) is 6.20 Å². The zero-order valence-electron chi connectivity index (χ0n) is 8.95. The molecule has 0 aliphatic rings. The van der Waals surface area contributed by atoms with E-state index in [1.165, 1.54) is 6.20 Å². The molecule has 1 heterocycles. The van der Waals surface area contributed by atoms with Crippen molar-refractivity contribution in [3.05, 3.63) is 56.7 Å². The molecule has 92 valence electrons. The highest BCUT2D eigenvalue weighted by Crippen LogP contribution is 2.30. The first-order valence-electron chi connectivity index (χ1n) is 4.95. The quantitative estimate of drug-likeness (QED) is 0.819. The predicted molar refractivity (Wildman–Crippen MR) is 76.4 cm³/mol. The van der Waals surface area contributed by atoms with E-state index in [0.717, 1.165) is 0 Å². The van der Waals surface area contributed by atoms with Crippen molar-refractivity contribution in [2.45, 2.75) is 0 Å². The van der Waals surface area contributed by atoms with Crippen molar-refractivity contribution in [2.75, 3.05) is 5.32 Å². The summed E-state index contributed by atoms with van der Waals surface area (Å²) in [6.07, 6.45) is 1.52. The van der Waals surface area contributed by atoms with Crippen molar-refractivity contribution in [1.82, 2.24) is 4.98 Å². The van der Waals surface area contributed by atoms with Crippen LogP contribution in [0.3, 0.4) is 0 Å². The van der Waals surface area contributed by atoms with E-state index in [2.05, 4.69) is 26.2 Å². The SMILES string of the molecule is O=C(Nc1cccc(Cl)c1Br)c1cccnc1Cl. The highest BCUT2D eigenvalue weighted by atomic mass is 79.9. The van der Waals surface area contributed by atoms with Gasteiger partial charge in [-0.05, 0) is 40.2 Å². The standard InChI is InChI=1S/C12H7BrCl2N2O/c13-10-8(14)4-1-5-9(10)17-12(18)7-3-2-6-16-11(7)15/h1-6H,(H,17,18). The maximum absolute atomic E-state index is 12.0. The highest BCUT2D eigenvalue weighted by Gasteiger charge is 2.13. The van der Waals surface area contributed by atoms with Gasteiger partial charge in [-0.1, -0.05) is 29.3 Å². The van der Waals surface area contributed by atoms with Crippen LogP contribution in [0.1, 0.15) is 10.4 Å². The summed E-state index contributed by atoms with van der Waals surface area (Å²) >= 11 is 15.1. The van der Waals surface area contributed by atoms with Crippen molar-refractivity contribution in [1.29, 1.82) is 0 Å². The molecule has 0 radical (unpaired) electrons. The van der Waals surface area contributed by atoms with Gasteiger partial charge < -0.3 is 5.32 Å². The molecule has 3 nitrogen and oxygen atoms in total. The van der Waals surface area contributed by atoms with Crippen molar-refractivity contribution in [3.63, 3.8) is 0 Å². The molecule has 1 aromatic heterocycles. The number of anilines is 1. The monoisotopic (exact) mass is 344 g/mol. The number of carbonyl (C=O) groups is 1. The molecule has 1 aromatic carbocycles. The Kier molecular flexibility index (Phi) is 4.22. The Bertz CT molecular complexity index is 604. The molecule has 0 saturated carbocycles. The lowest BCUT2D eigenvalue weighted by Crippen LogP contribution is -2.13. The van der Waals surface area contributed by atoms with E-state index < -0.39 is 0 Å². The van der Waals surface area contributed by atoms with E-state index in [1.807, 2.05) is 0 Å². The number of amides is 1. The molecule has 0 unspecified atom stereocenters. The molecule has 2 rings (SSSR count). The van der Waals surface area contributed by atoms with Crippen molar-refractivity contribution in [2.24, 2.45) is 0 Å². The minimum atomic E-state index is -0.337. The number of benzene rings is 1. The lowest BCUT2D eigenvalue weighted by molar-refractivity contribution is 0.102. The van der Waals surface area contributed by atoms with E-state index in [4.69, 9.17) is 23.2 Å². The van der Waals surface area contributed by atoms with Gasteiger partial charge >= 0.3 is 0 Å². The van der Waals surface area contributed by atoms with Gasteiger partial charge in [0.1, 0.15) is 5.15 Å². The van der Waals surface area contributed by atoms with Gasteiger partial charge in [-0.3, -0.25) is 4.79 Å². The molecule has 0 aliphatic carbocycles. The number of pyridine rings is 1. The zero-order valence-corrected chi connectivity index (χ0v) is 12.1. The summed E-state index contributed by atoms with van der Waals surface area (Å²) in [6.45, 7) is 0. The fourth-order valence-electron chi connectivity index (χ4n) is 1.35. The number of halogens is 3. The Morgan fingerprint density at radius 3 is 2.72 bits per heavy atom. The van der Waals surface area contributed by atoms with Crippen LogP contribution in [-0.2, 0) is 0 Å². The molecule has 0 saturated heterocycles. The van der Waals surface area contributed by atoms with E-state index in [9.17, 15) is 4.79 Å². The molecule has 0 spiro atoms. The Morgan fingerprint density at radius 2 is 2.00 bits per heavy atom. The number of nitrogens with one attached hydrogen (secondary N) is 1. The summed E-state index contributed by atoms with van der Waals surface area (Å²) in [5, 5.41) is 3.39. The van der Waals surface area contributed by atoms with Gasteiger partial charge in [0.2, 0.25) is 0 Å². The second-order valence-electron chi connectivity index (χ2n) is 3.40. The molecule has 1 N–H and O–H groups in total. The maximum Gasteiger partial charge on any atom is 0.258 e. The van der Waals surface area contributed by atoms with Gasteiger partial charge in [0.05, 0.1) is 20.7 Å². The molecule has 18 heavy (non-hydrogen) atoms. The molecule has 2 aromatic rings. The minimum absolute atomic E-state index is 0.160. The number of aromatic nitrogens is 1. The summed E-state index contributed by atoms with van der Waals surface area (Å²) in [7, 11) is 0. The molecule has 0 fully saturated rings. The topological polar surface area (TPSA) is 42.0 Å². The van der Waals surface area contributed by atoms with Crippen LogP contribution in [-0.4, -0.2) is 10.9 Å². The van der Waals surface area contributed by atoms with Crippen LogP contribution < -0.4 is 5.32 Å². The third-order valence-corrected chi connectivity index (χ3v) is 3.90. The first-order valence-corrected chi connectivity index (χ1v) is 6.50. The largest absolute Gasteiger partial charge is 0.321 e. The number of carbonyl (C=O) groups excluding carboxylic acids is 1. The first kappa shape index (κ1) is 13.3. The number of hydrogen-bond acceptors (Lipinski definition) is 2. The van der Waals surface area contributed by atoms with Crippen LogP contribution >= 0.6 is 39.1 Å². The van der Waals surface area contributed by atoms with E-state index in [1.54, 1.807) is 30.3 Å². The number of rotatable bonds is 2. The van der Waals surface area contributed by atoms with Gasteiger partial charge in [0.25, 0.3) is 5.91 Å². The van der Waals surface area contributed by atoms with Gasteiger partial charge in [-0.2, -0.15) is 0 Å². The normalized spacial score (nSPS) is 10.2. The van der Waals surface area contributed by atoms with Crippen LogP contribution in [0.25, 0.3) is 0 Å². The first-order chi connectivity index (χ1) is 8.59. The second-order valence-corrected chi connectivity index (χ2v) is 4.96. The molecule has 6 heteroatoms. The maximum atomic E-state index is 12.0. The Morgan fingerprint density at radius 1 is 1.22 bits per heavy atom. The zero-order chi connectivity index (χ0) is 13.1. The lowest BCUT2D eigenvalue weighted by atomic mass is 10.2. The van der Waals surface area contributed by atoms with E-state index >= 15 is 0 Å². The van der Waals surface area contributed by atoms with Crippen LogP contribution in [0.15, 0.2) is 41.0 Å². The summed E-state index contributed by atoms with van der Waals surface area (Å²) in [5.41, 5.74) is 0.887. The molecule has 0 atom stereocenters. The smallest absolute Gasteiger partial charge is 0.258 e. The van der Waals surface area contributed by atoms with E-state index in [0.29, 0.717) is 20.7 Å². The molecule has 1 amide bonds. The van der Waals surface area contributed by atoms with Crippen molar-refractivity contribution in [3.8, 4) is 0 Å². The minimum Gasteiger partial charge on any atom is -0.321 e. The summed E-state index contributed by atoms with van der Waals surface area (Å²) in [4.78, 5) is 15.8. The Balaban J connectivity index is 2.27. The van der Waals surface area contributed by atoms with Crippen molar-refractivity contribution < 1.29 is 4.79 Å². The summed E-state index contributed by atoms with van der Waals surface area (Å²) in [5.74, 6) is -0.337. The predicted octanol–water partition coefficient (Wildman–Crippen LogP) is 4.40. The molecule has 0 aliphatic heterocycles. The average Bonchev–Trinajstić information content (AvgIpc) is 2.35. The highest BCUT2D eigenvalue weighted by molar-refractivity contribution is 9.10. The van der Waals surface area contributed by atoms with Crippen LogP contribution in [0.2, 0.25) is 10.2 Å². The van der Waals surface area contributed by atoms with Gasteiger partial charge in [-0.25, -0.2) is 4.98 Å². The third kappa shape index (κ3) is 2.83. The number of hydrogen-bond donors (Lipinski definition) is 1. The summed E-state index contributed by atoms with van der Waals surface area (Å²) < 4.78 is 0.625. The molecule has 0 bridgehead atoms. The molecular formula is C12H7BrCl2N2O. The van der Waals surface area contributed by atoms with Crippen LogP contribution in [0.5, 0.6) is 0 Å². The van der Waals surface area contributed by atoms with Gasteiger partial charge in [0.15, 0.2) is 0 Å². The Hall–Kier alpha value is -1.10. The second kappa shape index (κ2) is 5.69. The van der Waals surface area contributed by atoms with Crippen LogP contribution in [0, 0.1) is 0 Å². The number of nitrogens with zero attached hydrogens (tertiary/aromatic N) is 1. The third-order valence-electron chi connectivity index (χ3n) is 2.20. The lowest BCUT2D eigenvalue weighted by Gasteiger charge is -2.08. The molecular weight excluding hydrogens is 339 g/mol.